The van der Waals surface area contributed by atoms with Gasteiger partial charge in [-0.1, -0.05) is 68.3 Å². The maximum Gasteiger partial charge on any atom is 0.494 e. The smallest absolute Gasteiger partial charge is 0.399 e. The molecule has 7 heteroatoms. The topological polar surface area (TPSA) is 70.0 Å². The number of hydrogen-bond acceptors (Lipinski definition) is 6. The van der Waals surface area contributed by atoms with Gasteiger partial charge in [0.25, 0.3) is 0 Å². The van der Waals surface area contributed by atoms with E-state index < -0.39 is 18.3 Å². The largest absolute Gasteiger partial charge is 0.494 e. The minimum absolute atomic E-state index is 0.252. The summed E-state index contributed by atoms with van der Waals surface area (Å²) in [6.07, 6.45) is 10.4. The molecule has 42 heavy (non-hydrogen) atoms. The van der Waals surface area contributed by atoms with Crippen molar-refractivity contribution in [3.05, 3.63) is 78.6 Å². The van der Waals surface area contributed by atoms with Gasteiger partial charge in [0.1, 0.15) is 0 Å². The average molecular weight is 559 g/mol. The molecule has 1 saturated heterocycles. The minimum Gasteiger partial charge on any atom is -0.399 e. The van der Waals surface area contributed by atoms with Crippen LogP contribution in [-0.2, 0) is 14.7 Å². The summed E-state index contributed by atoms with van der Waals surface area (Å²) in [6, 6.07) is 21.0. The predicted octanol–water partition coefficient (Wildman–Crippen LogP) is 7.03. The maximum atomic E-state index is 6.33. The first-order valence-electron chi connectivity index (χ1n) is 15.3. The van der Waals surface area contributed by atoms with Crippen LogP contribution in [0.5, 0.6) is 0 Å². The third-order valence-electron chi connectivity index (χ3n) is 10.2. The fourth-order valence-corrected chi connectivity index (χ4v) is 7.23. The highest BCUT2D eigenvalue weighted by atomic mass is 16.7. The fourth-order valence-electron chi connectivity index (χ4n) is 7.23. The Morgan fingerprint density at radius 3 is 1.90 bits per heavy atom. The Morgan fingerprint density at radius 2 is 1.29 bits per heavy atom. The molecule has 3 fully saturated rings. The van der Waals surface area contributed by atoms with Crippen molar-refractivity contribution in [2.24, 2.45) is 11.8 Å². The summed E-state index contributed by atoms with van der Waals surface area (Å²) in [7, 11) is -0.460. The lowest BCUT2D eigenvalue weighted by Crippen LogP contribution is -2.41. The molecule has 1 unspecified atom stereocenters. The van der Waals surface area contributed by atoms with Gasteiger partial charge < -0.3 is 9.31 Å². The highest BCUT2D eigenvalue weighted by Crippen LogP contribution is 2.51. The second kappa shape index (κ2) is 10.1. The molecule has 2 aromatic carbocycles. The molecular formula is C35H39BN4O2. The van der Waals surface area contributed by atoms with Crippen molar-refractivity contribution in [2.75, 3.05) is 0 Å². The molecule has 3 aliphatic rings. The Balaban J connectivity index is 1.25. The highest BCUT2D eigenvalue weighted by molar-refractivity contribution is 6.62. The van der Waals surface area contributed by atoms with Gasteiger partial charge >= 0.3 is 7.12 Å². The zero-order valence-electron chi connectivity index (χ0n) is 25.3. The van der Waals surface area contributed by atoms with Crippen LogP contribution in [0.15, 0.2) is 73.1 Å². The number of benzene rings is 2. The number of nitrogens with zero attached hydrogens (tertiary/aromatic N) is 4. The van der Waals surface area contributed by atoms with Crippen molar-refractivity contribution < 1.29 is 9.31 Å². The van der Waals surface area contributed by atoms with E-state index in [0.717, 1.165) is 34.0 Å². The van der Waals surface area contributed by atoms with Gasteiger partial charge in [-0.15, -0.1) is 0 Å². The van der Waals surface area contributed by atoms with E-state index in [1.165, 1.54) is 37.7 Å². The van der Waals surface area contributed by atoms with Crippen molar-refractivity contribution in [2.45, 2.75) is 83.3 Å². The van der Waals surface area contributed by atoms with Gasteiger partial charge in [-0.25, -0.2) is 15.0 Å². The Labute approximate surface area is 249 Å². The first-order chi connectivity index (χ1) is 20.1. The van der Waals surface area contributed by atoms with E-state index in [1.807, 2.05) is 30.3 Å². The lowest BCUT2D eigenvalue weighted by molar-refractivity contribution is 0.00578. The lowest BCUT2D eigenvalue weighted by atomic mass is 9.66. The summed E-state index contributed by atoms with van der Waals surface area (Å²) in [5.41, 5.74) is 4.52. The number of hydrogen-bond donors (Lipinski definition) is 0. The number of aromatic nitrogens is 4. The minimum atomic E-state index is -0.460. The van der Waals surface area contributed by atoms with Gasteiger partial charge in [0.05, 0.1) is 11.2 Å². The Morgan fingerprint density at radius 1 is 0.690 bits per heavy atom. The van der Waals surface area contributed by atoms with Crippen molar-refractivity contribution in [1.29, 1.82) is 0 Å². The van der Waals surface area contributed by atoms with E-state index in [2.05, 4.69) is 69.9 Å². The normalized spacial score (nSPS) is 26.0. The number of fused-ring (bicyclic) bond motifs is 2. The molecule has 4 aromatic rings. The van der Waals surface area contributed by atoms with Crippen molar-refractivity contribution in [3.63, 3.8) is 0 Å². The fraction of sp³-hybridized carbons (Fsp3) is 0.429. The summed E-state index contributed by atoms with van der Waals surface area (Å²) in [6.45, 7) is 10.7. The van der Waals surface area contributed by atoms with Gasteiger partial charge in [0.2, 0.25) is 0 Å². The molecular weight excluding hydrogens is 519 g/mol. The van der Waals surface area contributed by atoms with Crippen molar-refractivity contribution in [3.8, 4) is 34.2 Å². The molecule has 0 radical (unpaired) electrons. The van der Waals surface area contributed by atoms with Crippen LogP contribution in [0.4, 0.5) is 0 Å². The van der Waals surface area contributed by atoms with Crippen molar-refractivity contribution >= 4 is 12.6 Å². The molecule has 0 N–H and O–H groups in total. The van der Waals surface area contributed by atoms with Gasteiger partial charge in [-0.3, -0.25) is 4.98 Å². The molecule has 2 saturated carbocycles. The molecule has 0 spiro atoms. The molecule has 214 valence electrons. The Kier molecular flexibility index (Phi) is 6.59. The molecule has 2 aliphatic carbocycles. The van der Waals surface area contributed by atoms with E-state index in [9.17, 15) is 0 Å². The van der Waals surface area contributed by atoms with Crippen LogP contribution in [0, 0.1) is 11.8 Å². The number of pyridine rings is 1. The molecule has 3 heterocycles. The lowest BCUT2D eigenvalue weighted by Gasteiger charge is -2.38. The molecule has 2 bridgehead atoms. The van der Waals surface area contributed by atoms with E-state index in [0.29, 0.717) is 17.5 Å². The van der Waals surface area contributed by atoms with E-state index >= 15 is 0 Å². The van der Waals surface area contributed by atoms with Crippen LogP contribution in [0.1, 0.15) is 72.3 Å². The van der Waals surface area contributed by atoms with Gasteiger partial charge in [0.15, 0.2) is 17.5 Å². The Bertz CT molecular complexity index is 1580. The van der Waals surface area contributed by atoms with E-state index in [4.69, 9.17) is 24.3 Å². The first-order valence-corrected chi connectivity index (χ1v) is 15.3. The van der Waals surface area contributed by atoms with Gasteiger partial charge in [0, 0.05) is 29.1 Å². The summed E-state index contributed by atoms with van der Waals surface area (Å²) < 4.78 is 12.7. The SMILES string of the molecule is CC1(c2ccc(-c3nc(-c4cccnc4)nc(-c4cccc(B5OC(C)(C)C(C)(C)O5)c4)n3)cc2)C[C@@H]2CC[C@@H](C2)C1. The summed E-state index contributed by atoms with van der Waals surface area (Å²) >= 11 is 0. The van der Waals surface area contributed by atoms with E-state index in [1.54, 1.807) is 12.4 Å². The van der Waals surface area contributed by atoms with E-state index in [-0.39, 0.29) is 5.41 Å². The summed E-state index contributed by atoms with van der Waals surface area (Å²) in [5.74, 6) is 3.63. The molecule has 3 atom stereocenters. The standard InChI is InChI=1S/C35H39BN4O2/c1-33(2)34(3,4)42-36(41-33)29-10-6-8-26(19-29)31-38-30(39-32(40-31)27-9-7-17-37-22-27)25-13-15-28(16-14-25)35(5)20-23-11-12-24(18-23)21-35/h6-10,13-17,19,22-24H,11-12,18,20-21H2,1-5H3/t23-,24+,35?. The third-order valence-corrected chi connectivity index (χ3v) is 10.2. The quantitative estimate of drug-likeness (QED) is 0.245. The molecule has 7 rings (SSSR count). The molecule has 0 amide bonds. The zero-order valence-corrected chi connectivity index (χ0v) is 25.3. The highest BCUT2D eigenvalue weighted by Gasteiger charge is 2.51. The third kappa shape index (κ3) is 4.97. The number of rotatable bonds is 5. The molecule has 6 nitrogen and oxygen atoms in total. The second-order valence-corrected chi connectivity index (χ2v) is 13.9. The predicted molar refractivity (Wildman–Crippen MR) is 167 cm³/mol. The first kappa shape index (κ1) is 27.4. The van der Waals surface area contributed by atoms with Gasteiger partial charge in [-0.2, -0.15) is 0 Å². The average Bonchev–Trinajstić information content (AvgIpc) is 3.45. The van der Waals surface area contributed by atoms with Crippen LogP contribution in [0.2, 0.25) is 0 Å². The monoisotopic (exact) mass is 558 g/mol. The van der Waals surface area contributed by atoms with Crippen LogP contribution >= 0.6 is 0 Å². The van der Waals surface area contributed by atoms with Crippen LogP contribution < -0.4 is 5.46 Å². The van der Waals surface area contributed by atoms with Crippen LogP contribution in [0.3, 0.4) is 0 Å². The summed E-state index contributed by atoms with van der Waals surface area (Å²) in [5, 5.41) is 0. The molecule has 1 aliphatic heterocycles. The van der Waals surface area contributed by atoms with Crippen LogP contribution in [-0.4, -0.2) is 38.3 Å². The zero-order chi connectivity index (χ0) is 29.1. The van der Waals surface area contributed by atoms with Crippen LogP contribution in [0.25, 0.3) is 34.2 Å². The maximum absolute atomic E-state index is 6.33. The second-order valence-electron chi connectivity index (χ2n) is 13.9. The summed E-state index contributed by atoms with van der Waals surface area (Å²) in [4.78, 5) is 19.1. The Hall–Kier alpha value is -3.42. The van der Waals surface area contributed by atoms with Gasteiger partial charge in [-0.05, 0) is 87.4 Å². The molecule has 2 aromatic heterocycles. The van der Waals surface area contributed by atoms with Crippen molar-refractivity contribution in [1.82, 2.24) is 19.9 Å².